The first-order valence-corrected chi connectivity index (χ1v) is 5.73. The molecule has 0 aliphatic heterocycles. The normalized spacial score (nSPS) is 10.6. The van der Waals surface area contributed by atoms with Gasteiger partial charge < -0.3 is 14.6 Å². The number of ether oxygens (including phenoxy) is 1. The van der Waals surface area contributed by atoms with E-state index in [1.54, 1.807) is 12.3 Å². The van der Waals surface area contributed by atoms with Gasteiger partial charge in [-0.25, -0.2) is 9.37 Å². The fraction of sp³-hybridized carbons (Fsp3) is 0.308. The summed E-state index contributed by atoms with van der Waals surface area (Å²) in [7, 11) is 3.69. The van der Waals surface area contributed by atoms with Gasteiger partial charge in [-0.15, -0.1) is 0 Å². The Kier molecular flexibility index (Phi) is 3.94. The van der Waals surface area contributed by atoms with Crippen molar-refractivity contribution in [1.82, 2.24) is 14.9 Å². The standard InChI is InChI=1S/C13H16FN3O/c1-15-8-10-4-3-5-11(14)13(10)18-9-12-16-6-7-17(12)2/h3-7,15H,8-9H2,1-2H3. The van der Waals surface area contributed by atoms with E-state index in [1.807, 2.05) is 30.9 Å². The van der Waals surface area contributed by atoms with Crippen LogP contribution < -0.4 is 10.1 Å². The van der Waals surface area contributed by atoms with E-state index in [2.05, 4.69) is 10.3 Å². The van der Waals surface area contributed by atoms with E-state index < -0.39 is 0 Å². The van der Waals surface area contributed by atoms with Gasteiger partial charge in [-0.05, 0) is 13.1 Å². The molecule has 0 unspecified atom stereocenters. The van der Waals surface area contributed by atoms with E-state index >= 15 is 0 Å². The minimum Gasteiger partial charge on any atom is -0.482 e. The van der Waals surface area contributed by atoms with Crippen molar-refractivity contribution in [3.63, 3.8) is 0 Å². The zero-order valence-electron chi connectivity index (χ0n) is 10.5. The highest BCUT2D eigenvalue weighted by Gasteiger charge is 2.10. The number of hydrogen-bond acceptors (Lipinski definition) is 3. The van der Waals surface area contributed by atoms with E-state index in [-0.39, 0.29) is 18.2 Å². The van der Waals surface area contributed by atoms with Crippen molar-refractivity contribution in [1.29, 1.82) is 0 Å². The number of aryl methyl sites for hydroxylation is 1. The first-order valence-electron chi connectivity index (χ1n) is 5.73. The van der Waals surface area contributed by atoms with Crippen molar-refractivity contribution < 1.29 is 9.13 Å². The minimum atomic E-state index is -0.350. The van der Waals surface area contributed by atoms with E-state index in [1.165, 1.54) is 6.07 Å². The number of aromatic nitrogens is 2. The maximum absolute atomic E-state index is 13.7. The molecule has 0 fully saturated rings. The molecular formula is C13H16FN3O. The zero-order valence-corrected chi connectivity index (χ0v) is 10.5. The molecule has 0 radical (unpaired) electrons. The van der Waals surface area contributed by atoms with Crippen LogP contribution in [-0.2, 0) is 20.2 Å². The molecule has 0 aliphatic carbocycles. The molecule has 0 spiro atoms. The van der Waals surface area contributed by atoms with Crippen molar-refractivity contribution in [2.24, 2.45) is 7.05 Å². The highest BCUT2D eigenvalue weighted by Crippen LogP contribution is 2.23. The zero-order chi connectivity index (χ0) is 13.0. The summed E-state index contributed by atoms with van der Waals surface area (Å²) >= 11 is 0. The van der Waals surface area contributed by atoms with Crippen LogP contribution in [0.1, 0.15) is 11.4 Å². The summed E-state index contributed by atoms with van der Waals surface area (Å²) in [5.74, 6) is 0.695. The lowest BCUT2D eigenvalue weighted by atomic mass is 10.2. The van der Waals surface area contributed by atoms with Gasteiger partial charge in [0.1, 0.15) is 12.4 Å². The van der Waals surface area contributed by atoms with Crippen molar-refractivity contribution in [2.75, 3.05) is 7.05 Å². The Morgan fingerprint density at radius 3 is 2.94 bits per heavy atom. The topological polar surface area (TPSA) is 39.1 Å². The number of nitrogens with one attached hydrogen (secondary N) is 1. The van der Waals surface area contributed by atoms with Gasteiger partial charge in [0.2, 0.25) is 0 Å². The van der Waals surface area contributed by atoms with Gasteiger partial charge in [0, 0.05) is 31.5 Å². The average Bonchev–Trinajstić information content (AvgIpc) is 2.75. The molecule has 0 atom stereocenters. The molecule has 0 bridgehead atoms. The molecule has 4 nitrogen and oxygen atoms in total. The number of halogens is 1. The van der Waals surface area contributed by atoms with Crippen LogP contribution in [0.3, 0.4) is 0 Å². The summed E-state index contributed by atoms with van der Waals surface area (Å²) in [5, 5.41) is 2.99. The summed E-state index contributed by atoms with van der Waals surface area (Å²) in [6, 6.07) is 4.91. The van der Waals surface area contributed by atoms with Crippen LogP contribution in [0, 0.1) is 5.82 Å². The predicted octanol–water partition coefficient (Wildman–Crippen LogP) is 1.86. The monoisotopic (exact) mass is 249 g/mol. The van der Waals surface area contributed by atoms with Crippen LogP contribution in [0.15, 0.2) is 30.6 Å². The molecule has 1 aromatic carbocycles. The third-order valence-electron chi connectivity index (χ3n) is 2.68. The number of nitrogens with zero attached hydrogens (tertiary/aromatic N) is 2. The van der Waals surface area contributed by atoms with Crippen LogP contribution in [0.4, 0.5) is 4.39 Å². The van der Waals surface area contributed by atoms with E-state index in [0.29, 0.717) is 6.54 Å². The first kappa shape index (κ1) is 12.6. The lowest BCUT2D eigenvalue weighted by Crippen LogP contribution is -2.10. The van der Waals surface area contributed by atoms with Crippen LogP contribution in [0.25, 0.3) is 0 Å². The number of imidazole rings is 1. The Labute approximate surface area is 105 Å². The van der Waals surface area contributed by atoms with Gasteiger partial charge in [-0.2, -0.15) is 0 Å². The third kappa shape index (κ3) is 2.68. The van der Waals surface area contributed by atoms with Crippen molar-refractivity contribution in [2.45, 2.75) is 13.2 Å². The first-order chi connectivity index (χ1) is 8.72. The third-order valence-corrected chi connectivity index (χ3v) is 2.68. The molecular weight excluding hydrogens is 233 g/mol. The molecule has 5 heteroatoms. The Balaban J connectivity index is 2.15. The Hall–Kier alpha value is -1.88. The Morgan fingerprint density at radius 1 is 1.44 bits per heavy atom. The highest BCUT2D eigenvalue weighted by molar-refractivity contribution is 5.34. The molecule has 2 rings (SSSR count). The lowest BCUT2D eigenvalue weighted by molar-refractivity contribution is 0.274. The fourth-order valence-corrected chi connectivity index (χ4v) is 1.72. The second kappa shape index (κ2) is 5.64. The largest absolute Gasteiger partial charge is 0.482 e. The molecule has 1 N–H and O–H groups in total. The Morgan fingerprint density at radius 2 is 2.28 bits per heavy atom. The summed E-state index contributed by atoms with van der Waals surface area (Å²) < 4.78 is 21.1. The molecule has 1 heterocycles. The maximum Gasteiger partial charge on any atom is 0.165 e. The highest BCUT2D eigenvalue weighted by atomic mass is 19.1. The number of benzene rings is 1. The average molecular weight is 249 g/mol. The molecule has 96 valence electrons. The van der Waals surface area contributed by atoms with Crippen molar-refractivity contribution >= 4 is 0 Å². The Bertz CT molecular complexity index is 525. The molecule has 0 amide bonds. The molecule has 0 saturated heterocycles. The smallest absolute Gasteiger partial charge is 0.165 e. The van der Waals surface area contributed by atoms with Crippen LogP contribution in [0.2, 0.25) is 0 Å². The van der Waals surface area contributed by atoms with E-state index in [4.69, 9.17) is 4.74 Å². The van der Waals surface area contributed by atoms with Gasteiger partial charge in [0.25, 0.3) is 0 Å². The van der Waals surface area contributed by atoms with Crippen LogP contribution in [-0.4, -0.2) is 16.6 Å². The van der Waals surface area contributed by atoms with Crippen molar-refractivity contribution in [3.05, 3.63) is 47.8 Å². The maximum atomic E-state index is 13.7. The molecule has 1 aromatic heterocycles. The van der Waals surface area contributed by atoms with Gasteiger partial charge in [-0.1, -0.05) is 12.1 Å². The molecule has 2 aromatic rings. The number of hydrogen-bond donors (Lipinski definition) is 1. The van der Waals surface area contributed by atoms with E-state index in [9.17, 15) is 4.39 Å². The summed E-state index contributed by atoms with van der Waals surface area (Å²) in [6.07, 6.45) is 3.52. The second-order valence-electron chi connectivity index (χ2n) is 4.00. The van der Waals surface area contributed by atoms with Crippen LogP contribution >= 0.6 is 0 Å². The second-order valence-corrected chi connectivity index (χ2v) is 4.00. The quantitative estimate of drug-likeness (QED) is 0.879. The van der Waals surface area contributed by atoms with Gasteiger partial charge in [-0.3, -0.25) is 0 Å². The summed E-state index contributed by atoms with van der Waals surface area (Å²) in [5.41, 5.74) is 0.798. The molecule has 0 aliphatic rings. The fourth-order valence-electron chi connectivity index (χ4n) is 1.72. The predicted molar refractivity (Wildman–Crippen MR) is 66.7 cm³/mol. The summed E-state index contributed by atoms with van der Waals surface area (Å²) in [6.45, 7) is 0.814. The summed E-state index contributed by atoms with van der Waals surface area (Å²) in [4.78, 5) is 4.14. The number of para-hydroxylation sites is 1. The van der Waals surface area contributed by atoms with Crippen LogP contribution in [0.5, 0.6) is 5.75 Å². The van der Waals surface area contributed by atoms with E-state index in [0.717, 1.165) is 11.4 Å². The molecule has 0 saturated carbocycles. The SMILES string of the molecule is CNCc1cccc(F)c1OCc1nccn1C. The van der Waals surface area contributed by atoms with Gasteiger partial charge in [0.15, 0.2) is 11.6 Å². The number of rotatable bonds is 5. The minimum absolute atomic E-state index is 0.251. The lowest BCUT2D eigenvalue weighted by Gasteiger charge is -2.12. The molecule has 18 heavy (non-hydrogen) atoms. The van der Waals surface area contributed by atoms with Crippen molar-refractivity contribution in [3.8, 4) is 5.75 Å². The van der Waals surface area contributed by atoms with Gasteiger partial charge in [0.05, 0.1) is 0 Å². The van der Waals surface area contributed by atoms with Gasteiger partial charge >= 0.3 is 0 Å².